The van der Waals surface area contributed by atoms with E-state index in [-0.39, 0.29) is 17.2 Å². The second-order valence-electron chi connectivity index (χ2n) is 3.54. The highest BCUT2D eigenvalue weighted by Gasteiger charge is 2.10. The van der Waals surface area contributed by atoms with Gasteiger partial charge in [-0.05, 0) is 6.07 Å². The molecule has 0 saturated carbocycles. The van der Waals surface area contributed by atoms with Gasteiger partial charge >= 0.3 is 0 Å². The van der Waals surface area contributed by atoms with E-state index in [4.69, 9.17) is 10.5 Å². The molecular formula is C11H11FN4O2. The number of anilines is 2. The Labute approximate surface area is 102 Å². The number of ether oxygens (including phenoxy) is 1. The third-order valence-electron chi connectivity index (χ3n) is 2.21. The Hall–Kier alpha value is -2.57. The zero-order chi connectivity index (χ0) is 13.1. The number of methoxy groups -OCH3 is 1. The second kappa shape index (κ2) is 4.74. The molecule has 0 atom stereocenters. The minimum Gasteiger partial charge on any atom is -0.497 e. The van der Waals surface area contributed by atoms with Gasteiger partial charge in [-0.15, -0.1) is 0 Å². The average molecular weight is 250 g/mol. The first-order chi connectivity index (χ1) is 8.58. The van der Waals surface area contributed by atoms with Crippen LogP contribution in [0.4, 0.5) is 15.9 Å². The number of carbonyl (C=O) groups is 1. The normalized spacial score (nSPS) is 10.1. The number of hydrogen-bond donors (Lipinski definition) is 3. The van der Waals surface area contributed by atoms with Crippen LogP contribution in [0.5, 0.6) is 5.75 Å². The predicted octanol–water partition coefficient (Wildman–Crippen LogP) is 1.39. The van der Waals surface area contributed by atoms with Crippen molar-refractivity contribution in [3.05, 3.63) is 35.8 Å². The van der Waals surface area contributed by atoms with E-state index in [0.29, 0.717) is 5.75 Å². The summed E-state index contributed by atoms with van der Waals surface area (Å²) >= 11 is 0. The van der Waals surface area contributed by atoms with Gasteiger partial charge in [0.05, 0.1) is 7.11 Å². The van der Waals surface area contributed by atoms with Gasteiger partial charge in [-0.1, -0.05) is 0 Å². The molecule has 0 saturated heterocycles. The van der Waals surface area contributed by atoms with E-state index in [9.17, 15) is 9.18 Å². The van der Waals surface area contributed by atoms with Crippen LogP contribution in [0, 0.1) is 5.82 Å². The molecule has 6 nitrogen and oxygen atoms in total. The van der Waals surface area contributed by atoms with Crippen LogP contribution in [-0.2, 0) is 0 Å². The maximum atomic E-state index is 13.2. The largest absolute Gasteiger partial charge is 0.497 e. The molecule has 2 aromatic rings. The van der Waals surface area contributed by atoms with E-state index in [1.165, 1.54) is 31.4 Å². The van der Waals surface area contributed by atoms with Gasteiger partial charge in [0.2, 0.25) is 0 Å². The summed E-state index contributed by atoms with van der Waals surface area (Å²) in [7, 11) is 1.41. The highest BCUT2D eigenvalue weighted by molar-refractivity contribution is 6.03. The molecule has 0 unspecified atom stereocenters. The maximum Gasteiger partial charge on any atom is 0.273 e. The van der Waals surface area contributed by atoms with Crippen molar-refractivity contribution in [2.75, 3.05) is 18.2 Å². The van der Waals surface area contributed by atoms with Gasteiger partial charge in [0.1, 0.15) is 23.1 Å². The van der Waals surface area contributed by atoms with Crippen molar-refractivity contribution in [2.24, 2.45) is 0 Å². The summed E-state index contributed by atoms with van der Waals surface area (Å²) in [5.74, 6) is -0.452. The Morgan fingerprint density at radius 3 is 2.83 bits per heavy atom. The van der Waals surface area contributed by atoms with Crippen molar-refractivity contribution in [1.82, 2.24) is 10.2 Å². The molecule has 1 amide bonds. The molecular weight excluding hydrogens is 239 g/mol. The van der Waals surface area contributed by atoms with Crippen LogP contribution in [-0.4, -0.2) is 23.2 Å². The third kappa shape index (κ3) is 2.57. The maximum absolute atomic E-state index is 13.2. The Morgan fingerprint density at radius 2 is 2.22 bits per heavy atom. The van der Waals surface area contributed by atoms with Crippen molar-refractivity contribution >= 4 is 17.4 Å². The highest BCUT2D eigenvalue weighted by Crippen LogP contribution is 2.20. The lowest BCUT2D eigenvalue weighted by molar-refractivity contribution is 0.102. The lowest BCUT2D eigenvalue weighted by Crippen LogP contribution is -2.12. The number of carbonyl (C=O) groups excluding carboxylic acids is 1. The van der Waals surface area contributed by atoms with Gasteiger partial charge in [0.15, 0.2) is 0 Å². The van der Waals surface area contributed by atoms with Gasteiger partial charge in [-0.25, -0.2) is 4.39 Å². The van der Waals surface area contributed by atoms with Gasteiger partial charge in [0.25, 0.3) is 5.91 Å². The molecule has 0 spiro atoms. The van der Waals surface area contributed by atoms with Crippen LogP contribution in [0.25, 0.3) is 0 Å². The molecule has 4 N–H and O–H groups in total. The standard InChI is InChI=1S/C11H11FN4O2/c1-18-8-3-6(12)2-7(4-8)14-11(17)9-5-10(13)16-15-9/h2-5H,1H3,(H,14,17)(H3,13,15,16). The summed E-state index contributed by atoms with van der Waals surface area (Å²) < 4.78 is 18.1. The molecule has 2 rings (SSSR count). The lowest BCUT2D eigenvalue weighted by atomic mass is 10.2. The number of nitrogens with two attached hydrogens (primary N) is 1. The number of H-pyrrole nitrogens is 1. The smallest absolute Gasteiger partial charge is 0.273 e. The monoisotopic (exact) mass is 250 g/mol. The van der Waals surface area contributed by atoms with E-state index in [2.05, 4.69) is 15.5 Å². The van der Waals surface area contributed by atoms with Crippen molar-refractivity contribution in [3.8, 4) is 5.75 Å². The van der Waals surface area contributed by atoms with Gasteiger partial charge < -0.3 is 15.8 Å². The lowest BCUT2D eigenvalue weighted by Gasteiger charge is -2.06. The van der Waals surface area contributed by atoms with Crippen molar-refractivity contribution in [3.63, 3.8) is 0 Å². The fraction of sp³-hybridized carbons (Fsp3) is 0.0909. The first-order valence-corrected chi connectivity index (χ1v) is 5.05. The molecule has 18 heavy (non-hydrogen) atoms. The molecule has 0 aliphatic heterocycles. The molecule has 94 valence electrons. The number of halogens is 1. The summed E-state index contributed by atoms with van der Waals surface area (Å²) in [5, 5.41) is 8.58. The fourth-order valence-electron chi connectivity index (χ4n) is 1.40. The molecule has 1 aromatic carbocycles. The molecule has 0 fully saturated rings. The van der Waals surface area contributed by atoms with E-state index >= 15 is 0 Å². The van der Waals surface area contributed by atoms with Crippen LogP contribution < -0.4 is 15.8 Å². The first kappa shape index (κ1) is 11.9. The number of rotatable bonds is 3. The number of benzene rings is 1. The number of nitrogen functional groups attached to an aromatic ring is 1. The predicted molar refractivity (Wildman–Crippen MR) is 63.9 cm³/mol. The summed E-state index contributed by atoms with van der Waals surface area (Å²) in [5.41, 5.74) is 5.85. The topological polar surface area (TPSA) is 93.0 Å². The summed E-state index contributed by atoms with van der Waals surface area (Å²) in [6.07, 6.45) is 0. The Kier molecular flexibility index (Phi) is 3.13. The summed E-state index contributed by atoms with van der Waals surface area (Å²) in [6, 6.07) is 5.27. The van der Waals surface area contributed by atoms with Crippen LogP contribution in [0.2, 0.25) is 0 Å². The fourth-order valence-corrected chi connectivity index (χ4v) is 1.40. The number of aromatic nitrogens is 2. The van der Waals surface area contributed by atoms with Gasteiger partial charge in [-0.3, -0.25) is 9.89 Å². The zero-order valence-electron chi connectivity index (χ0n) is 9.53. The Balaban J connectivity index is 2.18. The van der Waals surface area contributed by atoms with Crippen LogP contribution in [0.15, 0.2) is 24.3 Å². The first-order valence-electron chi connectivity index (χ1n) is 5.05. The number of aromatic amines is 1. The van der Waals surface area contributed by atoms with Gasteiger partial charge in [-0.2, -0.15) is 5.10 Å². The quantitative estimate of drug-likeness (QED) is 0.767. The number of nitrogens with zero attached hydrogens (tertiary/aromatic N) is 1. The zero-order valence-corrected chi connectivity index (χ0v) is 9.53. The van der Waals surface area contributed by atoms with E-state index < -0.39 is 11.7 Å². The molecule has 1 aromatic heterocycles. The number of hydrogen-bond acceptors (Lipinski definition) is 4. The van der Waals surface area contributed by atoms with Crippen LogP contribution in [0.3, 0.4) is 0 Å². The Bertz CT molecular complexity index is 582. The van der Waals surface area contributed by atoms with Crippen molar-refractivity contribution in [1.29, 1.82) is 0 Å². The van der Waals surface area contributed by atoms with Crippen molar-refractivity contribution < 1.29 is 13.9 Å². The van der Waals surface area contributed by atoms with E-state index in [1.54, 1.807) is 0 Å². The SMILES string of the molecule is COc1cc(F)cc(NC(=O)c2cc(N)n[nH]2)c1. The average Bonchev–Trinajstić information content (AvgIpc) is 2.75. The van der Waals surface area contributed by atoms with Crippen molar-refractivity contribution in [2.45, 2.75) is 0 Å². The van der Waals surface area contributed by atoms with Crippen LogP contribution in [0.1, 0.15) is 10.5 Å². The molecule has 7 heteroatoms. The minimum absolute atomic E-state index is 0.190. The second-order valence-corrected chi connectivity index (χ2v) is 3.54. The Morgan fingerprint density at radius 1 is 1.44 bits per heavy atom. The third-order valence-corrected chi connectivity index (χ3v) is 2.21. The van der Waals surface area contributed by atoms with E-state index in [1.807, 2.05) is 0 Å². The molecule has 1 heterocycles. The molecule has 0 radical (unpaired) electrons. The van der Waals surface area contributed by atoms with E-state index in [0.717, 1.165) is 0 Å². The molecule has 0 aliphatic rings. The minimum atomic E-state index is -0.506. The summed E-state index contributed by atoms with van der Waals surface area (Å²) in [4.78, 5) is 11.7. The molecule has 0 bridgehead atoms. The summed E-state index contributed by atoms with van der Waals surface area (Å²) in [6.45, 7) is 0. The van der Waals surface area contributed by atoms with Crippen LogP contribution >= 0.6 is 0 Å². The van der Waals surface area contributed by atoms with Gasteiger partial charge in [0, 0.05) is 23.9 Å². The molecule has 0 aliphatic carbocycles. The number of nitrogens with one attached hydrogen (secondary N) is 2. The highest BCUT2D eigenvalue weighted by atomic mass is 19.1. The number of amides is 1.